The summed E-state index contributed by atoms with van der Waals surface area (Å²) in [5, 5.41) is 0. The van der Waals surface area contributed by atoms with E-state index >= 15 is 0 Å². The fourth-order valence-corrected chi connectivity index (χ4v) is 3.67. The summed E-state index contributed by atoms with van der Waals surface area (Å²) >= 11 is 0. The fraction of sp³-hybridized carbons (Fsp3) is 0.923. The molecule has 1 atom stereocenters. The Labute approximate surface area is 116 Å². The molecule has 0 fully saturated rings. The maximum Gasteiger partial charge on any atom is 0.313 e. The van der Waals surface area contributed by atoms with Crippen molar-refractivity contribution >= 4 is 15.8 Å². The highest BCUT2D eigenvalue weighted by Gasteiger charge is 2.38. The quantitative estimate of drug-likeness (QED) is 0.617. The van der Waals surface area contributed by atoms with Crippen molar-refractivity contribution in [3.63, 3.8) is 0 Å². The van der Waals surface area contributed by atoms with Crippen molar-refractivity contribution in [2.45, 2.75) is 46.5 Å². The third kappa shape index (κ3) is 5.91. The third-order valence-electron chi connectivity index (χ3n) is 3.23. The van der Waals surface area contributed by atoms with Crippen LogP contribution in [0.3, 0.4) is 0 Å². The van der Waals surface area contributed by atoms with Crippen LogP contribution in [0.4, 0.5) is 0 Å². The first-order chi connectivity index (χ1) is 8.87. The number of sulfone groups is 1. The minimum Gasteiger partial charge on any atom is -0.466 e. The van der Waals surface area contributed by atoms with Crippen molar-refractivity contribution in [2.75, 3.05) is 24.7 Å². The predicted octanol–water partition coefficient (Wildman–Crippen LogP) is 1.51. The summed E-state index contributed by atoms with van der Waals surface area (Å²) < 4.78 is 28.6. The van der Waals surface area contributed by atoms with Crippen LogP contribution in [-0.2, 0) is 19.4 Å². The molecule has 0 aliphatic carbocycles. The first-order valence-electron chi connectivity index (χ1n) is 6.95. The van der Waals surface area contributed by atoms with Gasteiger partial charge in [-0.2, -0.15) is 0 Å². The normalized spacial score (nSPS) is 14.9. The van der Waals surface area contributed by atoms with Crippen molar-refractivity contribution in [1.82, 2.24) is 0 Å². The maximum absolute atomic E-state index is 12.1. The van der Waals surface area contributed by atoms with E-state index in [1.54, 1.807) is 6.92 Å². The molecule has 0 heterocycles. The van der Waals surface area contributed by atoms with E-state index in [4.69, 9.17) is 10.5 Å². The Kier molecular flexibility index (Phi) is 8.25. The topological polar surface area (TPSA) is 86.5 Å². The Morgan fingerprint density at radius 2 is 1.74 bits per heavy atom. The summed E-state index contributed by atoms with van der Waals surface area (Å²) in [6, 6.07) is 0. The van der Waals surface area contributed by atoms with Crippen LogP contribution in [0, 0.1) is 5.41 Å². The van der Waals surface area contributed by atoms with Gasteiger partial charge in [-0.05, 0) is 26.2 Å². The molecular formula is C13H27NO4S. The molecule has 0 saturated carbocycles. The lowest BCUT2D eigenvalue weighted by molar-refractivity contribution is -0.155. The van der Waals surface area contributed by atoms with Crippen LogP contribution in [-0.4, -0.2) is 39.0 Å². The summed E-state index contributed by atoms with van der Waals surface area (Å²) in [7, 11) is -3.11. The zero-order valence-corrected chi connectivity index (χ0v) is 13.1. The molecule has 0 aromatic heterocycles. The first-order valence-corrected chi connectivity index (χ1v) is 8.77. The number of carbonyl (C=O) groups is 1. The SMILES string of the molecule is CCCC(CN)(CCS(=O)(=O)CCC)C(=O)OCC. The molecular weight excluding hydrogens is 266 g/mol. The van der Waals surface area contributed by atoms with Crippen LogP contribution in [0.1, 0.15) is 46.5 Å². The van der Waals surface area contributed by atoms with Gasteiger partial charge >= 0.3 is 5.97 Å². The van der Waals surface area contributed by atoms with Gasteiger partial charge in [0, 0.05) is 12.3 Å². The molecule has 0 saturated heterocycles. The number of rotatable bonds is 10. The average molecular weight is 293 g/mol. The van der Waals surface area contributed by atoms with Gasteiger partial charge in [0.15, 0.2) is 0 Å². The summed E-state index contributed by atoms with van der Waals surface area (Å²) in [6.45, 7) is 5.92. The molecule has 0 aliphatic rings. The van der Waals surface area contributed by atoms with E-state index < -0.39 is 15.3 Å². The number of hydrogen-bond donors (Lipinski definition) is 1. The van der Waals surface area contributed by atoms with E-state index in [1.165, 1.54) is 0 Å². The maximum atomic E-state index is 12.1. The molecule has 0 aliphatic heterocycles. The number of ether oxygens (including phenoxy) is 1. The van der Waals surface area contributed by atoms with Gasteiger partial charge in [-0.15, -0.1) is 0 Å². The number of esters is 1. The second-order valence-corrected chi connectivity index (χ2v) is 7.16. The highest BCUT2D eigenvalue weighted by Crippen LogP contribution is 2.29. The highest BCUT2D eigenvalue weighted by molar-refractivity contribution is 7.91. The van der Waals surface area contributed by atoms with Crippen molar-refractivity contribution < 1.29 is 17.9 Å². The summed E-state index contributed by atoms with van der Waals surface area (Å²) in [4.78, 5) is 12.1. The van der Waals surface area contributed by atoms with Crippen molar-refractivity contribution in [1.29, 1.82) is 0 Å². The Morgan fingerprint density at radius 3 is 2.16 bits per heavy atom. The zero-order valence-electron chi connectivity index (χ0n) is 12.3. The highest BCUT2D eigenvalue weighted by atomic mass is 32.2. The van der Waals surface area contributed by atoms with E-state index in [1.807, 2.05) is 13.8 Å². The fourth-order valence-electron chi connectivity index (χ4n) is 2.14. The lowest BCUT2D eigenvalue weighted by Gasteiger charge is -2.29. The molecule has 5 nitrogen and oxygen atoms in total. The number of nitrogens with two attached hydrogens (primary N) is 1. The van der Waals surface area contributed by atoms with E-state index in [0.29, 0.717) is 12.8 Å². The second-order valence-electron chi connectivity index (χ2n) is 4.86. The standard InChI is InChI=1S/C13H27NO4S/c1-4-7-13(11-14,12(15)18-6-3)8-10-19(16,17)9-5-2/h4-11,14H2,1-3H3. The van der Waals surface area contributed by atoms with E-state index in [0.717, 1.165) is 6.42 Å². The number of carbonyl (C=O) groups excluding carboxylic acids is 1. The second kappa shape index (κ2) is 8.53. The summed E-state index contributed by atoms with van der Waals surface area (Å²) in [5.74, 6) is -0.217. The Bertz CT molecular complexity index is 367. The molecule has 0 bridgehead atoms. The minimum atomic E-state index is -3.11. The monoisotopic (exact) mass is 293 g/mol. The van der Waals surface area contributed by atoms with Gasteiger partial charge < -0.3 is 10.5 Å². The molecule has 0 radical (unpaired) electrons. The van der Waals surface area contributed by atoms with Gasteiger partial charge in [0.05, 0.1) is 17.8 Å². The van der Waals surface area contributed by atoms with E-state index in [9.17, 15) is 13.2 Å². The van der Waals surface area contributed by atoms with Crippen LogP contribution >= 0.6 is 0 Å². The van der Waals surface area contributed by atoms with Gasteiger partial charge in [-0.3, -0.25) is 4.79 Å². The molecule has 0 rings (SSSR count). The van der Waals surface area contributed by atoms with Crippen molar-refractivity contribution in [3.05, 3.63) is 0 Å². The molecule has 0 aromatic rings. The molecule has 0 aromatic carbocycles. The Morgan fingerprint density at radius 1 is 1.11 bits per heavy atom. The van der Waals surface area contributed by atoms with Crippen LogP contribution in [0.2, 0.25) is 0 Å². The number of hydrogen-bond acceptors (Lipinski definition) is 5. The predicted molar refractivity (Wildman–Crippen MR) is 76.6 cm³/mol. The Balaban J connectivity index is 4.90. The summed E-state index contributed by atoms with van der Waals surface area (Å²) in [5.41, 5.74) is 4.88. The molecule has 6 heteroatoms. The minimum absolute atomic E-state index is 0.00312. The van der Waals surface area contributed by atoms with Gasteiger partial charge in [-0.25, -0.2) is 8.42 Å². The van der Waals surface area contributed by atoms with Crippen LogP contribution in [0.25, 0.3) is 0 Å². The van der Waals surface area contributed by atoms with Gasteiger partial charge in [-0.1, -0.05) is 20.3 Å². The van der Waals surface area contributed by atoms with E-state index in [-0.39, 0.29) is 37.0 Å². The molecule has 2 N–H and O–H groups in total. The van der Waals surface area contributed by atoms with Gasteiger partial charge in [0.1, 0.15) is 9.84 Å². The lowest BCUT2D eigenvalue weighted by atomic mass is 9.81. The molecule has 0 amide bonds. The van der Waals surface area contributed by atoms with Gasteiger partial charge in [0.2, 0.25) is 0 Å². The van der Waals surface area contributed by atoms with E-state index in [2.05, 4.69) is 0 Å². The van der Waals surface area contributed by atoms with Crippen molar-refractivity contribution in [2.24, 2.45) is 11.1 Å². The molecule has 0 spiro atoms. The third-order valence-corrected chi connectivity index (χ3v) is 5.09. The lowest BCUT2D eigenvalue weighted by Crippen LogP contribution is -2.41. The first kappa shape index (κ1) is 18.4. The van der Waals surface area contributed by atoms with Crippen LogP contribution < -0.4 is 5.73 Å². The smallest absolute Gasteiger partial charge is 0.313 e. The zero-order chi connectivity index (χ0) is 14.9. The largest absolute Gasteiger partial charge is 0.466 e. The van der Waals surface area contributed by atoms with Crippen molar-refractivity contribution in [3.8, 4) is 0 Å². The summed E-state index contributed by atoms with van der Waals surface area (Å²) in [6.07, 6.45) is 2.16. The van der Waals surface area contributed by atoms with Crippen LogP contribution in [0.15, 0.2) is 0 Å². The molecule has 19 heavy (non-hydrogen) atoms. The average Bonchev–Trinajstić information content (AvgIpc) is 2.35. The molecule has 1 unspecified atom stereocenters. The van der Waals surface area contributed by atoms with Gasteiger partial charge in [0.25, 0.3) is 0 Å². The molecule has 114 valence electrons. The Hall–Kier alpha value is -0.620. The van der Waals surface area contributed by atoms with Crippen LogP contribution in [0.5, 0.6) is 0 Å².